The molecule has 24 heavy (non-hydrogen) atoms. The third-order valence-electron chi connectivity index (χ3n) is 3.15. The van der Waals surface area contributed by atoms with Crippen LogP contribution in [0.3, 0.4) is 0 Å². The Morgan fingerprint density at radius 3 is 2.71 bits per heavy atom. The molecule has 0 radical (unpaired) electrons. The van der Waals surface area contributed by atoms with E-state index in [2.05, 4.69) is 25.6 Å². The van der Waals surface area contributed by atoms with Crippen LogP contribution in [0.5, 0.6) is 0 Å². The van der Waals surface area contributed by atoms with Gasteiger partial charge < -0.3 is 5.32 Å². The predicted molar refractivity (Wildman–Crippen MR) is 76.1 cm³/mol. The predicted octanol–water partition coefficient (Wildman–Crippen LogP) is 1.94. The Kier molecular flexibility index (Phi) is 4.02. The highest BCUT2D eigenvalue weighted by Gasteiger charge is 2.40. The maximum Gasteiger partial charge on any atom is 0.434 e. The lowest BCUT2D eigenvalue weighted by Crippen LogP contribution is -2.26. The molecule has 0 atom stereocenters. The van der Waals surface area contributed by atoms with E-state index < -0.39 is 23.3 Å². The minimum absolute atomic E-state index is 0.0187. The summed E-state index contributed by atoms with van der Waals surface area (Å²) in [7, 11) is 0. The normalized spacial score (nSPS) is 11.5. The molecule has 2 N–H and O–H groups in total. The average molecular weight is 336 g/mol. The molecule has 0 saturated heterocycles. The highest BCUT2D eigenvalue weighted by Crippen LogP contribution is 2.33. The lowest BCUT2D eigenvalue weighted by atomic mass is 10.2. The SMILES string of the molecule is O=C(NCc1ccn[nH]1)c1cnn(-c2ccccn2)c1C(F)(F)F. The van der Waals surface area contributed by atoms with Gasteiger partial charge in [-0.25, -0.2) is 9.67 Å². The number of alkyl halides is 3. The summed E-state index contributed by atoms with van der Waals surface area (Å²) in [5, 5.41) is 12.4. The van der Waals surface area contributed by atoms with Gasteiger partial charge in [0.15, 0.2) is 11.5 Å². The number of carbonyl (C=O) groups excluding carboxylic acids is 1. The first-order chi connectivity index (χ1) is 11.5. The van der Waals surface area contributed by atoms with Gasteiger partial charge in [0.25, 0.3) is 5.91 Å². The molecule has 0 spiro atoms. The van der Waals surface area contributed by atoms with Crippen molar-refractivity contribution in [1.29, 1.82) is 0 Å². The highest BCUT2D eigenvalue weighted by molar-refractivity contribution is 5.95. The van der Waals surface area contributed by atoms with Crippen molar-refractivity contribution in [2.75, 3.05) is 0 Å². The molecule has 0 aromatic carbocycles. The molecular formula is C14H11F3N6O. The van der Waals surface area contributed by atoms with Crippen molar-refractivity contribution in [2.24, 2.45) is 0 Å². The first-order valence-corrected chi connectivity index (χ1v) is 6.80. The number of aromatic amines is 1. The van der Waals surface area contributed by atoms with Crippen molar-refractivity contribution in [3.8, 4) is 5.82 Å². The van der Waals surface area contributed by atoms with Crippen molar-refractivity contribution in [3.05, 3.63) is 59.8 Å². The number of nitrogens with zero attached hydrogens (tertiary/aromatic N) is 4. The molecule has 3 aromatic heterocycles. The van der Waals surface area contributed by atoms with E-state index in [0.717, 1.165) is 6.20 Å². The molecule has 1 amide bonds. The summed E-state index contributed by atoms with van der Waals surface area (Å²) in [5.41, 5.74) is -1.19. The van der Waals surface area contributed by atoms with E-state index in [1.54, 1.807) is 12.1 Å². The number of H-pyrrole nitrogens is 1. The number of aromatic nitrogens is 5. The van der Waals surface area contributed by atoms with Gasteiger partial charge in [-0.3, -0.25) is 9.89 Å². The van der Waals surface area contributed by atoms with Crippen molar-refractivity contribution in [3.63, 3.8) is 0 Å². The number of carbonyl (C=O) groups is 1. The highest BCUT2D eigenvalue weighted by atomic mass is 19.4. The fourth-order valence-electron chi connectivity index (χ4n) is 2.09. The average Bonchev–Trinajstić information content (AvgIpc) is 3.22. The van der Waals surface area contributed by atoms with Gasteiger partial charge in [0, 0.05) is 12.4 Å². The van der Waals surface area contributed by atoms with E-state index >= 15 is 0 Å². The molecule has 0 fully saturated rings. The fourth-order valence-corrected chi connectivity index (χ4v) is 2.09. The molecule has 0 aliphatic heterocycles. The van der Waals surface area contributed by atoms with Gasteiger partial charge >= 0.3 is 6.18 Å². The molecule has 3 aromatic rings. The van der Waals surface area contributed by atoms with E-state index in [0.29, 0.717) is 10.4 Å². The lowest BCUT2D eigenvalue weighted by Gasteiger charge is -2.12. The number of halogens is 3. The zero-order valence-corrected chi connectivity index (χ0v) is 12.1. The summed E-state index contributed by atoms with van der Waals surface area (Å²) < 4.78 is 40.9. The molecule has 7 nitrogen and oxygen atoms in total. The molecule has 3 heterocycles. The Morgan fingerprint density at radius 2 is 2.08 bits per heavy atom. The third-order valence-corrected chi connectivity index (χ3v) is 3.15. The van der Waals surface area contributed by atoms with Gasteiger partial charge in [-0.1, -0.05) is 6.07 Å². The Hall–Kier alpha value is -3.17. The smallest absolute Gasteiger partial charge is 0.346 e. The number of pyridine rings is 1. The Morgan fingerprint density at radius 1 is 1.25 bits per heavy atom. The van der Waals surface area contributed by atoms with Crippen LogP contribution in [0.25, 0.3) is 5.82 Å². The van der Waals surface area contributed by atoms with Crippen LogP contribution in [-0.2, 0) is 12.7 Å². The molecule has 124 valence electrons. The van der Waals surface area contributed by atoms with Gasteiger partial charge in [-0.15, -0.1) is 0 Å². The molecule has 0 saturated carbocycles. The van der Waals surface area contributed by atoms with Crippen molar-refractivity contribution < 1.29 is 18.0 Å². The monoisotopic (exact) mass is 336 g/mol. The van der Waals surface area contributed by atoms with Crippen LogP contribution in [0.2, 0.25) is 0 Å². The molecular weight excluding hydrogens is 325 g/mol. The minimum atomic E-state index is -4.77. The van der Waals surface area contributed by atoms with Gasteiger partial charge in [0.1, 0.15) is 0 Å². The first-order valence-electron chi connectivity index (χ1n) is 6.80. The van der Waals surface area contributed by atoms with Crippen LogP contribution in [-0.4, -0.2) is 30.9 Å². The summed E-state index contributed by atoms with van der Waals surface area (Å²) in [5.74, 6) is -0.920. The van der Waals surface area contributed by atoms with Gasteiger partial charge in [-0.05, 0) is 18.2 Å². The molecule has 10 heteroatoms. The number of nitrogens with one attached hydrogen (secondary N) is 2. The Balaban J connectivity index is 1.93. The van der Waals surface area contributed by atoms with Crippen LogP contribution < -0.4 is 5.32 Å². The zero-order chi connectivity index (χ0) is 17.2. The van der Waals surface area contributed by atoms with Gasteiger partial charge in [0.05, 0.1) is 24.0 Å². The lowest BCUT2D eigenvalue weighted by molar-refractivity contribution is -0.143. The molecule has 0 bridgehead atoms. The summed E-state index contributed by atoms with van der Waals surface area (Å²) >= 11 is 0. The van der Waals surface area contributed by atoms with E-state index in [-0.39, 0.29) is 12.4 Å². The van der Waals surface area contributed by atoms with Crippen LogP contribution in [0, 0.1) is 0 Å². The van der Waals surface area contributed by atoms with Crippen molar-refractivity contribution in [1.82, 2.24) is 30.3 Å². The largest absolute Gasteiger partial charge is 0.434 e. The molecule has 0 unspecified atom stereocenters. The second-order valence-electron chi connectivity index (χ2n) is 4.77. The first kappa shape index (κ1) is 15.7. The number of hydrogen-bond donors (Lipinski definition) is 2. The standard InChI is InChI=1S/C14H11F3N6O/c15-14(16,17)12-10(13(24)19-7-9-4-6-20-22-9)8-21-23(12)11-3-1-2-5-18-11/h1-6,8H,7H2,(H,19,24)(H,20,22). The number of hydrogen-bond acceptors (Lipinski definition) is 4. The van der Waals surface area contributed by atoms with E-state index in [9.17, 15) is 18.0 Å². The summed E-state index contributed by atoms with van der Waals surface area (Å²) in [6, 6.07) is 6.07. The summed E-state index contributed by atoms with van der Waals surface area (Å²) in [6.45, 7) is 0.0187. The van der Waals surface area contributed by atoms with Crippen LogP contribution >= 0.6 is 0 Å². The van der Waals surface area contributed by atoms with Crippen molar-refractivity contribution >= 4 is 5.91 Å². The second kappa shape index (κ2) is 6.14. The maximum absolute atomic E-state index is 13.4. The van der Waals surface area contributed by atoms with Gasteiger partial charge in [0.2, 0.25) is 0 Å². The van der Waals surface area contributed by atoms with E-state index in [1.165, 1.54) is 24.5 Å². The topological polar surface area (TPSA) is 88.5 Å². The Bertz CT molecular complexity index is 826. The van der Waals surface area contributed by atoms with Crippen LogP contribution in [0.1, 0.15) is 21.7 Å². The number of rotatable bonds is 4. The van der Waals surface area contributed by atoms with E-state index in [4.69, 9.17) is 0 Å². The minimum Gasteiger partial charge on any atom is -0.346 e. The number of amides is 1. The van der Waals surface area contributed by atoms with Crippen LogP contribution in [0.15, 0.2) is 42.9 Å². The third kappa shape index (κ3) is 3.12. The fraction of sp³-hybridized carbons (Fsp3) is 0.143. The zero-order valence-electron chi connectivity index (χ0n) is 12.1. The Labute approximate surface area is 133 Å². The molecule has 0 aliphatic rings. The second-order valence-corrected chi connectivity index (χ2v) is 4.77. The summed E-state index contributed by atoms with van der Waals surface area (Å²) in [4.78, 5) is 16.0. The summed E-state index contributed by atoms with van der Waals surface area (Å²) in [6.07, 6.45) is -1.08. The van der Waals surface area contributed by atoms with Crippen molar-refractivity contribution in [2.45, 2.75) is 12.7 Å². The van der Waals surface area contributed by atoms with E-state index in [1.807, 2.05) is 0 Å². The van der Waals surface area contributed by atoms with Crippen LogP contribution in [0.4, 0.5) is 13.2 Å². The maximum atomic E-state index is 13.4. The quantitative estimate of drug-likeness (QED) is 0.762. The van der Waals surface area contributed by atoms with Gasteiger partial charge in [-0.2, -0.15) is 23.4 Å². The molecule has 3 rings (SSSR count). The molecule has 0 aliphatic carbocycles.